The average Bonchev–Trinajstić information content (AvgIpc) is 2.05. The number of unbranched alkanes of at least 4 members (excludes halogenated alkanes) is 1. The summed E-state index contributed by atoms with van der Waals surface area (Å²) in [5, 5.41) is 0. The molecule has 1 nitrogen and oxygen atoms in total. The third kappa shape index (κ3) is 3.97. The summed E-state index contributed by atoms with van der Waals surface area (Å²) in [5.41, 5.74) is 1.01. The van der Waals surface area contributed by atoms with Gasteiger partial charge >= 0.3 is 0 Å². The molecule has 0 N–H and O–H groups in total. The summed E-state index contributed by atoms with van der Waals surface area (Å²) in [4.78, 5) is 11.2. The Kier molecular flexibility index (Phi) is 5.81. The van der Waals surface area contributed by atoms with Crippen LogP contribution in [-0.2, 0) is 4.79 Å². The van der Waals surface area contributed by atoms with Crippen molar-refractivity contribution in [2.24, 2.45) is 0 Å². The minimum absolute atomic E-state index is 0.306. The highest BCUT2D eigenvalue weighted by atomic mass is 16.1. The second kappa shape index (κ2) is 6.14. The Balaban J connectivity index is 3.87. The molecule has 0 amide bonds. The summed E-state index contributed by atoms with van der Waals surface area (Å²) in [7, 11) is 0. The molecular weight excluding hydrogens is 136 g/mol. The van der Waals surface area contributed by atoms with Crippen LogP contribution in [0.3, 0.4) is 0 Å². The molecule has 11 heavy (non-hydrogen) atoms. The van der Waals surface area contributed by atoms with Gasteiger partial charge in [-0.15, -0.1) is 0 Å². The Bertz CT molecular complexity index is 145. The van der Waals surface area contributed by atoms with E-state index in [-0.39, 0.29) is 0 Å². The molecule has 64 valence electrons. The van der Waals surface area contributed by atoms with Crippen LogP contribution >= 0.6 is 0 Å². The second-order valence-corrected chi connectivity index (χ2v) is 2.69. The molecule has 0 aromatic heterocycles. The highest BCUT2D eigenvalue weighted by Crippen LogP contribution is 2.09. The maximum atomic E-state index is 11.2. The molecule has 0 rings (SSSR count). The summed E-state index contributed by atoms with van der Waals surface area (Å²) >= 11 is 0. The first kappa shape index (κ1) is 10.4. The van der Waals surface area contributed by atoms with Gasteiger partial charge in [0, 0.05) is 6.42 Å². The van der Waals surface area contributed by atoms with Crippen LogP contribution in [0.1, 0.15) is 46.5 Å². The monoisotopic (exact) mass is 154 g/mol. The largest absolute Gasteiger partial charge is 0.295 e. The number of hydrogen-bond donors (Lipinski definition) is 0. The van der Waals surface area contributed by atoms with Crippen LogP contribution in [0.15, 0.2) is 11.6 Å². The number of Topliss-reactive ketones (excluding diaryl/α,β-unsaturated/α-hetero) is 1. The van der Waals surface area contributed by atoms with Gasteiger partial charge < -0.3 is 0 Å². The predicted octanol–water partition coefficient (Wildman–Crippen LogP) is 3.10. The quantitative estimate of drug-likeness (QED) is 0.556. The van der Waals surface area contributed by atoms with Crippen molar-refractivity contribution in [1.29, 1.82) is 0 Å². The van der Waals surface area contributed by atoms with Crippen molar-refractivity contribution in [2.75, 3.05) is 0 Å². The molecule has 0 radical (unpaired) electrons. The van der Waals surface area contributed by atoms with Crippen LogP contribution in [0.4, 0.5) is 0 Å². The lowest BCUT2D eigenvalue weighted by atomic mass is 10.0. The van der Waals surface area contributed by atoms with Crippen LogP contribution in [0.2, 0.25) is 0 Å². The van der Waals surface area contributed by atoms with Crippen molar-refractivity contribution in [3.63, 3.8) is 0 Å². The van der Waals surface area contributed by atoms with Gasteiger partial charge in [-0.2, -0.15) is 0 Å². The molecular formula is C10H18O. The minimum atomic E-state index is 0.306. The van der Waals surface area contributed by atoms with Crippen molar-refractivity contribution < 1.29 is 4.79 Å². The molecule has 0 atom stereocenters. The van der Waals surface area contributed by atoms with Gasteiger partial charge in [-0.3, -0.25) is 4.79 Å². The van der Waals surface area contributed by atoms with E-state index in [9.17, 15) is 4.79 Å². The molecule has 0 saturated heterocycles. The number of carbonyl (C=O) groups is 1. The number of hydrogen-bond acceptors (Lipinski definition) is 1. The standard InChI is InChI=1S/C10H18O/c1-4-7-8-9(5-2)10(11)6-3/h5H,4,6-8H2,1-3H3/b9-5+. The molecule has 0 saturated carbocycles. The molecule has 0 bridgehead atoms. The SMILES string of the molecule is C/C=C(\CCCC)C(=O)CC. The van der Waals surface area contributed by atoms with Gasteiger partial charge in [0.05, 0.1) is 0 Å². The molecule has 0 fully saturated rings. The van der Waals surface area contributed by atoms with Gasteiger partial charge in [0.25, 0.3) is 0 Å². The van der Waals surface area contributed by atoms with E-state index in [1.165, 1.54) is 0 Å². The van der Waals surface area contributed by atoms with E-state index in [0.29, 0.717) is 12.2 Å². The summed E-state index contributed by atoms with van der Waals surface area (Å²) in [5.74, 6) is 0.306. The predicted molar refractivity (Wildman–Crippen MR) is 48.6 cm³/mol. The topological polar surface area (TPSA) is 17.1 Å². The molecule has 0 unspecified atom stereocenters. The van der Waals surface area contributed by atoms with Crippen molar-refractivity contribution in [3.05, 3.63) is 11.6 Å². The first-order valence-electron chi connectivity index (χ1n) is 4.44. The molecule has 0 aliphatic heterocycles. The van der Waals surface area contributed by atoms with E-state index >= 15 is 0 Å². The number of ketones is 1. The van der Waals surface area contributed by atoms with Gasteiger partial charge in [0.2, 0.25) is 0 Å². The maximum Gasteiger partial charge on any atom is 0.158 e. The van der Waals surface area contributed by atoms with Gasteiger partial charge in [-0.05, 0) is 25.3 Å². The van der Waals surface area contributed by atoms with Gasteiger partial charge in [0.15, 0.2) is 5.78 Å². The van der Waals surface area contributed by atoms with Crippen LogP contribution in [0, 0.1) is 0 Å². The van der Waals surface area contributed by atoms with Crippen molar-refractivity contribution in [3.8, 4) is 0 Å². The number of carbonyl (C=O) groups excluding carboxylic acids is 1. The van der Waals surface area contributed by atoms with Crippen molar-refractivity contribution >= 4 is 5.78 Å². The average molecular weight is 154 g/mol. The first-order valence-corrected chi connectivity index (χ1v) is 4.44. The minimum Gasteiger partial charge on any atom is -0.295 e. The lowest BCUT2D eigenvalue weighted by molar-refractivity contribution is -0.115. The van der Waals surface area contributed by atoms with Gasteiger partial charge in [-0.1, -0.05) is 26.3 Å². The highest BCUT2D eigenvalue weighted by Gasteiger charge is 2.03. The van der Waals surface area contributed by atoms with E-state index < -0.39 is 0 Å². The Morgan fingerprint density at radius 3 is 2.36 bits per heavy atom. The second-order valence-electron chi connectivity index (χ2n) is 2.69. The van der Waals surface area contributed by atoms with E-state index in [2.05, 4.69) is 6.92 Å². The number of rotatable bonds is 5. The molecule has 0 spiro atoms. The molecule has 0 aliphatic rings. The molecule has 0 aliphatic carbocycles. The van der Waals surface area contributed by atoms with Gasteiger partial charge in [0.1, 0.15) is 0 Å². The van der Waals surface area contributed by atoms with E-state index in [0.717, 1.165) is 24.8 Å². The van der Waals surface area contributed by atoms with Gasteiger partial charge in [-0.25, -0.2) is 0 Å². The van der Waals surface area contributed by atoms with E-state index in [1.54, 1.807) is 0 Å². The third-order valence-electron chi connectivity index (χ3n) is 1.83. The van der Waals surface area contributed by atoms with Crippen LogP contribution in [-0.4, -0.2) is 5.78 Å². The lowest BCUT2D eigenvalue weighted by Crippen LogP contribution is -1.99. The fraction of sp³-hybridized carbons (Fsp3) is 0.700. The Hall–Kier alpha value is -0.590. The van der Waals surface area contributed by atoms with Crippen molar-refractivity contribution in [2.45, 2.75) is 46.5 Å². The fourth-order valence-corrected chi connectivity index (χ4v) is 1.04. The smallest absolute Gasteiger partial charge is 0.158 e. The van der Waals surface area contributed by atoms with E-state index in [4.69, 9.17) is 0 Å². The van der Waals surface area contributed by atoms with E-state index in [1.807, 2.05) is 19.9 Å². The summed E-state index contributed by atoms with van der Waals surface area (Å²) in [6, 6.07) is 0. The third-order valence-corrected chi connectivity index (χ3v) is 1.83. The Labute approximate surface area is 69.5 Å². The fourth-order valence-electron chi connectivity index (χ4n) is 1.04. The zero-order chi connectivity index (χ0) is 8.69. The Morgan fingerprint density at radius 1 is 1.36 bits per heavy atom. The molecule has 1 heteroatoms. The van der Waals surface area contributed by atoms with Crippen LogP contribution in [0.25, 0.3) is 0 Å². The summed E-state index contributed by atoms with van der Waals surface area (Å²) in [6.07, 6.45) is 5.84. The highest BCUT2D eigenvalue weighted by molar-refractivity contribution is 5.94. The van der Waals surface area contributed by atoms with Crippen LogP contribution in [0.5, 0.6) is 0 Å². The summed E-state index contributed by atoms with van der Waals surface area (Å²) < 4.78 is 0. The first-order chi connectivity index (χ1) is 5.26. The maximum absolute atomic E-state index is 11.2. The normalized spacial score (nSPS) is 11.7. The summed E-state index contributed by atoms with van der Waals surface area (Å²) in [6.45, 7) is 6.00. The van der Waals surface area contributed by atoms with Crippen LogP contribution < -0.4 is 0 Å². The zero-order valence-electron chi connectivity index (χ0n) is 7.81. The van der Waals surface area contributed by atoms with Crippen molar-refractivity contribution in [1.82, 2.24) is 0 Å². The molecule has 0 heterocycles. The Morgan fingerprint density at radius 2 is 2.00 bits per heavy atom. The zero-order valence-corrected chi connectivity index (χ0v) is 7.81. The molecule has 0 aromatic carbocycles. The lowest BCUT2D eigenvalue weighted by Gasteiger charge is -2.01. The molecule has 0 aromatic rings. The number of allylic oxidation sites excluding steroid dienone is 2.